The number of nitriles is 1. The summed E-state index contributed by atoms with van der Waals surface area (Å²) in [5.74, 6) is -5.44. The zero-order valence-electron chi connectivity index (χ0n) is 13.8. The van der Waals surface area contributed by atoms with Crippen molar-refractivity contribution in [2.24, 2.45) is 5.73 Å². The van der Waals surface area contributed by atoms with Crippen LogP contribution in [0.3, 0.4) is 0 Å². The molecule has 1 unspecified atom stereocenters. The van der Waals surface area contributed by atoms with Gasteiger partial charge in [-0.3, -0.25) is 0 Å². The third-order valence-corrected chi connectivity index (χ3v) is 3.76. The molecular formula is C17H14F4N2O3. The Bertz CT molecular complexity index is 856. The van der Waals surface area contributed by atoms with Gasteiger partial charge in [-0.25, -0.2) is 22.4 Å². The van der Waals surface area contributed by atoms with Crippen LogP contribution in [0.25, 0.3) is 0 Å². The summed E-state index contributed by atoms with van der Waals surface area (Å²) in [4.78, 5) is 12.3. The monoisotopic (exact) mass is 370 g/mol. The van der Waals surface area contributed by atoms with Crippen LogP contribution in [0, 0.1) is 23.0 Å². The number of carbonyl (C=O) groups excluding carboxylic acids is 1. The predicted molar refractivity (Wildman–Crippen MR) is 81.3 cm³/mol. The number of halogens is 4. The highest BCUT2D eigenvalue weighted by atomic mass is 19.3. The number of esters is 1. The molecule has 0 aromatic heterocycles. The number of nitrogens with two attached hydrogens (primary N) is 1. The van der Waals surface area contributed by atoms with Gasteiger partial charge in [0.05, 0.1) is 23.7 Å². The minimum Gasteiger partial charge on any atom is -0.463 e. The van der Waals surface area contributed by atoms with Gasteiger partial charge in [-0.15, -0.1) is 0 Å². The Morgan fingerprint density at radius 3 is 2.58 bits per heavy atom. The van der Waals surface area contributed by atoms with Crippen molar-refractivity contribution in [2.75, 3.05) is 6.61 Å². The van der Waals surface area contributed by atoms with E-state index in [0.29, 0.717) is 12.1 Å². The summed E-state index contributed by atoms with van der Waals surface area (Å²) in [6.07, 6.45) is -3.23. The number of hydrogen-bond acceptors (Lipinski definition) is 5. The standard InChI is InChI=1S/C17H14F4N2O3/c1-3-25-17(24)13-7(2)26-16(23)10(6-22)14(13)8-4-12(19)9(15(20)21)5-11(8)18/h4-5,14-15H,3,23H2,1-2H3. The van der Waals surface area contributed by atoms with E-state index >= 15 is 0 Å². The second-order valence-electron chi connectivity index (χ2n) is 5.31. The molecule has 2 N–H and O–H groups in total. The molecule has 1 aliphatic heterocycles. The summed E-state index contributed by atoms with van der Waals surface area (Å²) in [6.45, 7) is 2.84. The van der Waals surface area contributed by atoms with Crippen LogP contribution < -0.4 is 5.73 Å². The number of rotatable bonds is 4. The molecule has 9 heteroatoms. The predicted octanol–water partition coefficient (Wildman–Crippen LogP) is 3.55. The molecule has 1 atom stereocenters. The van der Waals surface area contributed by atoms with Gasteiger partial charge in [0, 0.05) is 5.56 Å². The second-order valence-corrected chi connectivity index (χ2v) is 5.31. The Balaban J connectivity index is 2.72. The van der Waals surface area contributed by atoms with E-state index in [1.165, 1.54) is 13.8 Å². The average Bonchev–Trinajstić information content (AvgIpc) is 2.55. The van der Waals surface area contributed by atoms with E-state index in [1.807, 2.05) is 0 Å². The van der Waals surface area contributed by atoms with Crippen molar-refractivity contribution >= 4 is 5.97 Å². The maximum atomic E-state index is 14.5. The van der Waals surface area contributed by atoms with Crippen molar-refractivity contribution in [1.29, 1.82) is 5.26 Å². The lowest BCUT2D eigenvalue weighted by atomic mass is 9.82. The first-order valence-electron chi connectivity index (χ1n) is 7.45. The topological polar surface area (TPSA) is 85.3 Å². The molecule has 0 aliphatic carbocycles. The van der Waals surface area contributed by atoms with E-state index in [0.717, 1.165) is 0 Å². The fourth-order valence-corrected chi connectivity index (χ4v) is 2.63. The smallest absolute Gasteiger partial charge is 0.338 e. The number of allylic oxidation sites excluding steroid dienone is 2. The van der Waals surface area contributed by atoms with Crippen LogP contribution in [0.4, 0.5) is 17.6 Å². The molecule has 5 nitrogen and oxygen atoms in total. The van der Waals surface area contributed by atoms with E-state index in [2.05, 4.69) is 0 Å². The maximum Gasteiger partial charge on any atom is 0.338 e. The van der Waals surface area contributed by atoms with E-state index in [1.54, 1.807) is 6.07 Å². The highest BCUT2D eigenvalue weighted by Crippen LogP contribution is 2.41. The molecule has 138 valence electrons. The number of alkyl halides is 2. The molecule has 0 amide bonds. The fraction of sp³-hybridized carbons (Fsp3) is 0.294. The fourth-order valence-electron chi connectivity index (χ4n) is 2.63. The lowest BCUT2D eigenvalue weighted by molar-refractivity contribution is -0.139. The lowest BCUT2D eigenvalue weighted by Gasteiger charge is -2.27. The Hall–Kier alpha value is -3.02. The molecule has 2 rings (SSSR count). The Morgan fingerprint density at radius 2 is 2.04 bits per heavy atom. The Morgan fingerprint density at radius 1 is 1.38 bits per heavy atom. The van der Waals surface area contributed by atoms with Crippen LogP contribution in [0.1, 0.15) is 37.3 Å². The van der Waals surface area contributed by atoms with Crippen molar-refractivity contribution in [3.05, 3.63) is 57.7 Å². The second kappa shape index (κ2) is 7.47. The highest BCUT2D eigenvalue weighted by Gasteiger charge is 2.38. The van der Waals surface area contributed by atoms with Gasteiger partial charge in [-0.2, -0.15) is 5.26 Å². The maximum absolute atomic E-state index is 14.5. The average molecular weight is 370 g/mol. The molecule has 0 saturated carbocycles. The first-order valence-corrected chi connectivity index (χ1v) is 7.45. The third-order valence-electron chi connectivity index (χ3n) is 3.76. The number of ether oxygens (including phenoxy) is 2. The zero-order chi connectivity index (χ0) is 19.6. The van der Waals surface area contributed by atoms with Gasteiger partial charge in [0.25, 0.3) is 6.43 Å². The van der Waals surface area contributed by atoms with Crippen molar-refractivity contribution in [1.82, 2.24) is 0 Å². The van der Waals surface area contributed by atoms with Crippen LogP contribution in [0.15, 0.2) is 34.9 Å². The van der Waals surface area contributed by atoms with Crippen LogP contribution >= 0.6 is 0 Å². The molecular weight excluding hydrogens is 356 g/mol. The van der Waals surface area contributed by atoms with Crippen LogP contribution in [0.5, 0.6) is 0 Å². The van der Waals surface area contributed by atoms with Crippen molar-refractivity contribution in [3.8, 4) is 6.07 Å². The quantitative estimate of drug-likeness (QED) is 0.647. The van der Waals surface area contributed by atoms with Gasteiger partial charge < -0.3 is 15.2 Å². The summed E-state index contributed by atoms with van der Waals surface area (Å²) in [5, 5.41) is 9.33. The van der Waals surface area contributed by atoms with Gasteiger partial charge in [0.2, 0.25) is 5.88 Å². The minimum atomic E-state index is -3.23. The van der Waals surface area contributed by atoms with E-state index in [9.17, 15) is 27.6 Å². The molecule has 0 saturated heterocycles. The van der Waals surface area contributed by atoms with E-state index in [-0.39, 0.29) is 23.5 Å². The van der Waals surface area contributed by atoms with Gasteiger partial charge in [0.1, 0.15) is 29.0 Å². The molecule has 1 aromatic carbocycles. The number of benzene rings is 1. The van der Waals surface area contributed by atoms with Crippen LogP contribution in [0.2, 0.25) is 0 Å². The van der Waals surface area contributed by atoms with Crippen molar-refractivity contribution in [2.45, 2.75) is 26.2 Å². The van der Waals surface area contributed by atoms with Gasteiger partial charge >= 0.3 is 5.97 Å². The molecule has 0 radical (unpaired) electrons. The van der Waals surface area contributed by atoms with Crippen molar-refractivity contribution in [3.63, 3.8) is 0 Å². The van der Waals surface area contributed by atoms with E-state index in [4.69, 9.17) is 15.2 Å². The summed E-state index contributed by atoms with van der Waals surface area (Å²) >= 11 is 0. The van der Waals surface area contributed by atoms with Gasteiger partial charge in [-0.05, 0) is 26.0 Å². The molecule has 1 heterocycles. The molecule has 1 aliphatic rings. The molecule has 0 spiro atoms. The number of carbonyl (C=O) groups is 1. The summed E-state index contributed by atoms with van der Waals surface area (Å²) in [5.41, 5.74) is 3.36. The summed E-state index contributed by atoms with van der Waals surface area (Å²) in [7, 11) is 0. The third kappa shape index (κ3) is 3.35. The first-order chi connectivity index (χ1) is 12.2. The normalized spacial score (nSPS) is 17.2. The van der Waals surface area contributed by atoms with Crippen LogP contribution in [-0.4, -0.2) is 12.6 Å². The van der Waals surface area contributed by atoms with Gasteiger partial charge in [0.15, 0.2) is 0 Å². The minimum absolute atomic E-state index is 0.0232. The summed E-state index contributed by atoms with van der Waals surface area (Å²) in [6, 6.07) is 2.53. The van der Waals surface area contributed by atoms with Crippen molar-refractivity contribution < 1.29 is 31.8 Å². The largest absolute Gasteiger partial charge is 0.463 e. The summed E-state index contributed by atoms with van der Waals surface area (Å²) < 4.78 is 64.0. The lowest BCUT2D eigenvalue weighted by Crippen LogP contribution is -2.26. The van der Waals surface area contributed by atoms with Crippen LogP contribution in [-0.2, 0) is 14.3 Å². The first kappa shape index (κ1) is 19.3. The Labute approximate surface area is 146 Å². The number of hydrogen-bond donors (Lipinski definition) is 1. The van der Waals surface area contributed by atoms with E-state index < -0.39 is 47.0 Å². The molecule has 0 bridgehead atoms. The zero-order valence-corrected chi connectivity index (χ0v) is 13.8. The number of nitrogens with zero attached hydrogens (tertiary/aromatic N) is 1. The molecule has 26 heavy (non-hydrogen) atoms. The van der Waals surface area contributed by atoms with Gasteiger partial charge in [-0.1, -0.05) is 0 Å². The SMILES string of the molecule is CCOC(=O)C1=C(C)OC(N)=C(C#N)C1c1cc(F)c(C(F)F)cc1F. The molecule has 0 fully saturated rings. The molecule has 1 aromatic rings. The highest BCUT2D eigenvalue weighted by molar-refractivity contribution is 5.92. The Kier molecular flexibility index (Phi) is 5.55.